The molecule has 3 heterocycles. The van der Waals surface area contributed by atoms with E-state index in [1.165, 1.54) is 5.56 Å². The second kappa shape index (κ2) is 5.48. The second-order valence-corrected chi connectivity index (χ2v) is 6.90. The summed E-state index contributed by atoms with van der Waals surface area (Å²) in [6.07, 6.45) is 2.50. The van der Waals surface area contributed by atoms with Crippen molar-refractivity contribution in [1.29, 1.82) is 0 Å². The summed E-state index contributed by atoms with van der Waals surface area (Å²) in [5, 5.41) is 3.16. The molecule has 0 saturated carbocycles. The zero-order chi connectivity index (χ0) is 15.1. The molecule has 1 saturated heterocycles. The molecule has 5 heteroatoms. The van der Waals surface area contributed by atoms with Gasteiger partial charge in [0.25, 0.3) is 5.91 Å². The average molecular weight is 314 g/mol. The van der Waals surface area contributed by atoms with Crippen molar-refractivity contribution >= 4 is 22.9 Å². The van der Waals surface area contributed by atoms with Gasteiger partial charge in [-0.1, -0.05) is 6.07 Å². The highest BCUT2D eigenvalue weighted by molar-refractivity contribution is 7.09. The molecule has 4 rings (SSSR count). The number of fused-ring (bicyclic) bond motifs is 1. The van der Waals surface area contributed by atoms with E-state index in [1.807, 2.05) is 11.8 Å². The van der Waals surface area contributed by atoms with Crippen molar-refractivity contribution in [3.63, 3.8) is 0 Å². The summed E-state index contributed by atoms with van der Waals surface area (Å²) in [6, 6.07) is 6.29. The molecule has 114 valence electrons. The van der Waals surface area contributed by atoms with Gasteiger partial charge < -0.3 is 9.64 Å². The number of ether oxygens (including phenoxy) is 1. The molecule has 1 amide bonds. The van der Waals surface area contributed by atoms with Gasteiger partial charge in [0, 0.05) is 29.8 Å². The van der Waals surface area contributed by atoms with Gasteiger partial charge in [-0.05, 0) is 43.9 Å². The van der Waals surface area contributed by atoms with Gasteiger partial charge in [0.2, 0.25) is 0 Å². The van der Waals surface area contributed by atoms with Crippen LogP contribution in [0.5, 0.6) is 0 Å². The Morgan fingerprint density at radius 3 is 3.09 bits per heavy atom. The molecule has 4 nitrogen and oxygen atoms in total. The zero-order valence-electron chi connectivity index (χ0n) is 12.5. The molecule has 0 spiro atoms. The number of aromatic nitrogens is 1. The maximum absolute atomic E-state index is 12.6. The first-order valence-corrected chi connectivity index (χ1v) is 8.59. The number of aryl methyl sites for hydroxylation is 1. The van der Waals surface area contributed by atoms with Crippen molar-refractivity contribution in [2.75, 3.05) is 18.1 Å². The maximum Gasteiger partial charge on any atom is 0.256 e. The summed E-state index contributed by atoms with van der Waals surface area (Å²) in [7, 11) is 0. The molecular formula is C17H18N2O2S. The molecule has 0 N–H and O–H groups in total. The van der Waals surface area contributed by atoms with E-state index in [-0.39, 0.29) is 12.0 Å². The van der Waals surface area contributed by atoms with E-state index < -0.39 is 0 Å². The largest absolute Gasteiger partial charge is 0.368 e. The smallest absolute Gasteiger partial charge is 0.256 e. The first-order chi connectivity index (χ1) is 10.7. The van der Waals surface area contributed by atoms with E-state index in [0.717, 1.165) is 47.8 Å². The van der Waals surface area contributed by atoms with Gasteiger partial charge in [-0.3, -0.25) is 4.79 Å². The van der Waals surface area contributed by atoms with E-state index in [0.29, 0.717) is 6.61 Å². The summed E-state index contributed by atoms with van der Waals surface area (Å²) >= 11 is 1.66. The fraction of sp³-hybridized carbons (Fsp3) is 0.412. The monoisotopic (exact) mass is 314 g/mol. The summed E-state index contributed by atoms with van der Waals surface area (Å²) in [5.74, 6) is 0.119. The van der Waals surface area contributed by atoms with Crippen LogP contribution in [0.15, 0.2) is 23.6 Å². The lowest BCUT2D eigenvalue weighted by Crippen LogP contribution is -2.37. The van der Waals surface area contributed by atoms with Crippen LogP contribution in [0.1, 0.15) is 23.4 Å². The Kier molecular flexibility index (Phi) is 3.47. The summed E-state index contributed by atoms with van der Waals surface area (Å²) in [6.45, 7) is 3.48. The van der Waals surface area contributed by atoms with Crippen LogP contribution >= 0.6 is 11.3 Å². The van der Waals surface area contributed by atoms with Crippen molar-refractivity contribution in [1.82, 2.24) is 4.98 Å². The van der Waals surface area contributed by atoms with Crippen molar-refractivity contribution in [3.8, 4) is 11.3 Å². The van der Waals surface area contributed by atoms with E-state index in [9.17, 15) is 4.79 Å². The number of benzene rings is 1. The number of anilines is 1. The van der Waals surface area contributed by atoms with Crippen LogP contribution < -0.4 is 4.90 Å². The Morgan fingerprint density at radius 2 is 2.36 bits per heavy atom. The van der Waals surface area contributed by atoms with Crippen molar-refractivity contribution < 1.29 is 9.53 Å². The highest BCUT2D eigenvalue weighted by Crippen LogP contribution is 2.33. The van der Waals surface area contributed by atoms with Crippen LogP contribution in [0.4, 0.5) is 5.69 Å². The molecule has 0 bridgehead atoms. The van der Waals surface area contributed by atoms with Crippen LogP contribution in [-0.2, 0) is 16.0 Å². The summed E-state index contributed by atoms with van der Waals surface area (Å²) in [5.41, 5.74) is 4.43. The molecule has 1 aromatic heterocycles. The van der Waals surface area contributed by atoms with Crippen molar-refractivity contribution in [2.45, 2.75) is 32.3 Å². The Morgan fingerprint density at radius 1 is 1.45 bits per heavy atom. The Hall–Kier alpha value is -1.72. The minimum atomic E-state index is -0.244. The first kappa shape index (κ1) is 13.9. The third kappa shape index (κ3) is 2.34. The molecular weight excluding hydrogens is 296 g/mol. The third-order valence-corrected chi connectivity index (χ3v) is 5.13. The predicted octanol–water partition coefficient (Wildman–Crippen LogP) is 3.19. The molecule has 0 radical (unpaired) electrons. The highest BCUT2D eigenvalue weighted by atomic mass is 32.1. The molecule has 1 atom stereocenters. The van der Waals surface area contributed by atoms with Crippen molar-refractivity contribution in [3.05, 3.63) is 34.2 Å². The Bertz CT molecular complexity index is 719. The SMILES string of the molecule is Cc1nc(-c2ccc3c(c2)CCN3C(=O)C2CCCO2)cs1. The fourth-order valence-electron chi connectivity index (χ4n) is 3.23. The topological polar surface area (TPSA) is 42.4 Å². The minimum Gasteiger partial charge on any atom is -0.368 e. The van der Waals surface area contributed by atoms with Gasteiger partial charge in [-0.2, -0.15) is 0 Å². The lowest BCUT2D eigenvalue weighted by Gasteiger charge is -2.20. The first-order valence-electron chi connectivity index (χ1n) is 7.71. The molecule has 1 aromatic carbocycles. The van der Waals surface area contributed by atoms with Gasteiger partial charge in [0.1, 0.15) is 6.10 Å². The van der Waals surface area contributed by atoms with Crippen molar-refractivity contribution in [2.24, 2.45) is 0 Å². The van der Waals surface area contributed by atoms with E-state index >= 15 is 0 Å². The zero-order valence-corrected chi connectivity index (χ0v) is 13.4. The predicted molar refractivity (Wildman–Crippen MR) is 87.3 cm³/mol. The van der Waals surface area contributed by atoms with E-state index in [4.69, 9.17) is 4.74 Å². The standard InChI is InChI=1S/C17H18N2O2S/c1-11-18-14(10-22-11)12-4-5-15-13(9-12)6-7-19(15)17(20)16-3-2-8-21-16/h4-5,9-10,16H,2-3,6-8H2,1H3. The number of nitrogens with zero attached hydrogens (tertiary/aromatic N) is 2. The molecule has 0 aliphatic carbocycles. The molecule has 22 heavy (non-hydrogen) atoms. The van der Waals surface area contributed by atoms with E-state index in [2.05, 4.69) is 28.6 Å². The number of thiazole rings is 1. The minimum absolute atomic E-state index is 0.119. The number of carbonyl (C=O) groups excluding carboxylic acids is 1. The number of rotatable bonds is 2. The lowest BCUT2D eigenvalue weighted by atomic mass is 10.1. The van der Waals surface area contributed by atoms with E-state index in [1.54, 1.807) is 11.3 Å². The van der Waals surface area contributed by atoms with Crippen LogP contribution in [0.3, 0.4) is 0 Å². The van der Waals surface area contributed by atoms with Gasteiger partial charge in [-0.25, -0.2) is 4.98 Å². The summed E-state index contributed by atoms with van der Waals surface area (Å²) < 4.78 is 5.54. The number of amides is 1. The van der Waals surface area contributed by atoms with Crippen LogP contribution in [-0.4, -0.2) is 30.1 Å². The normalized spacial score (nSPS) is 20.4. The number of carbonyl (C=O) groups is 1. The number of hydrogen-bond donors (Lipinski definition) is 0. The highest BCUT2D eigenvalue weighted by Gasteiger charge is 2.32. The second-order valence-electron chi connectivity index (χ2n) is 5.84. The van der Waals surface area contributed by atoms with Gasteiger partial charge >= 0.3 is 0 Å². The third-order valence-electron chi connectivity index (χ3n) is 4.36. The molecule has 2 aromatic rings. The van der Waals surface area contributed by atoms with Crippen LogP contribution in [0, 0.1) is 6.92 Å². The molecule has 2 aliphatic rings. The van der Waals surface area contributed by atoms with Crippen LogP contribution in [0.2, 0.25) is 0 Å². The quantitative estimate of drug-likeness (QED) is 0.855. The van der Waals surface area contributed by atoms with Crippen LogP contribution in [0.25, 0.3) is 11.3 Å². The lowest BCUT2D eigenvalue weighted by molar-refractivity contribution is -0.127. The van der Waals surface area contributed by atoms with Gasteiger partial charge in [-0.15, -0.1) is 11.3 Å². The Balaban J connectivity index is 1.61. The molecule has 2 aliphatic heterocycles. The molecule has 1 unspecified atom stereocenters. The Labute approximate surface area is 133 Å². The number of hydrogen-bond acceptors (Lipinski definition) is 4. The maximum atomic E-state index is 12.6. The average Bonchev–Trinajstić information content (AvgIpc) is 3.26. The van der Waals surface area contributed by atoms with Gasteiger partial charge in [0.05, 0.1) is 10.7 Å². The fourth-order valence-corrected chi connectivity index (χ4v) is 3.85. The van der Waals surface area contributed by atoms with Gasteiger partial charge in [0.15, 0.2) is 0 Å². The summed E-state index contributed by atoms with van der Waals surface area (Å²) in [4.78, 5) is 19.0. The molecule has 1 fully saturated rings.